The van der Waals surface area contributed by atoms with E-state index in [0.717, 1.165) is 5.69 Å². The number of hydrogen-bond acceptors (Lipinski definition) is 8. The van der Waals surface area contributed by atoms with Crippen LogP contribution in [0.1, 0.15) is 12.8 Å². The molecule has 148 valence electrons. The number of aromatic nitrogens is 4. The van der Waals surface area contributed by atoms with E-state index in [0.29, 0.717) is 48.6 Å². The maximum absolute atomic E-state index is 12.3. The lowest BCUT2D eigenvalue weighted by Gasteiger charge is -2.33. The summed E-state index contributed by atoms with van der Waals surface area (Å²) < 4.78 is 26.9. The van der Waals surface area contributed by atoms with Gasteiger partial charge in [-0.2, -0.15) is 0 Å². The third kappa shape index (κ3) is 3.51. The summed E-state index contributed by atoms with van der Waals surface area (Å²) in [6, 6.07) is 4.93. The number of aliphatic hydroxyl groups is 1. The van der Waals surface area contributed by atoms with Gasteiger partial charge < -0.3 is 20.3 Å². The number of sulfonamides is 1. The minimum atomic E-state index is -3.60. The van der Waals surface area contributed by atoms with Crippen molar-refractivity contribution < 1.29 is 13.5 Å². The van der Waals surface area contributed by atoms with E-state index in [1.54, 1.807) is 18.2 Å². The normalized spacial score (nSPS) is 15.9. The van der Waals surface area contributed by atoms with Crippen molar-refractivity contribution in [3.63, 3.8) is 0 Å². The highest BCUT2D eigenvalue weighted by Crippen LogP contribution is 2.33. The molecule has 0 aliphatic carbocycles. The van der Waals surface area contributed by atoms with E-state index in [2.05, 4.69) is 34.9 Å². The molecule has 4 N–H and O–H groups in total. The quantitative estimate of drug-likeness (QED) is 0.495. The van der Waals surface area contributed by atoms with Crippen LogP contribution >= 0.6 is 0 Å². The van der Waals surface area contributed by atoms with Crippen LogP contribution < -0.4 is 14.9 Å². The first-order valence-corrected chi connectivity index (χ1v) is 10.4. The summed E-state index contributed by atoms with van der Waals surface area (Å²) >= 11 is 0. The fourth-order valence-electron chi connectivity index (χ4n) is 3.27. The molecule has 28 heavy (non-hydrogen) atoms. The molecule has 0 saturated carbocycles. The topological polar surface area (TPSA) is 136 Å². The Morgan fingerprint density at radius 1 is 1.21 bits per heavy atom. The van der Waals surface area contributed by atoms with E-state index in [-0.39, 0.29) is 11.0 Å². The lowest BCUT2D eigenvalue weighted by Crippen LogP contribution is -2.36. The molecule has 0 bridgehead atoms. The van der Waals surface area contributed by atoms with Crippen LogP contribution in [-0.2, 0) is 10.0 Å². The Hall–Kier alpha value is -2.76. The number of aliphatic hydroxyl groups excluding tert-OH is 1. The van der Waals surface area contributed by atoms with Crippen LogP contribution in [0, 0.1) is 0 Å². The van der Waals surface area contributed by atoms with E-state index in [1.165, 1.54) is 19.7 Å². The zero-order chi connectivity index (χ0) is 19.7. The maximum Gasteiger partial charge on any atom is 0.240 e. The second-order valence-corrected chi connectivity index (χ2v) is 8.44. The van der Waals surface area contributed by atoms with Crippen molar-refractivity contribution in [3.05, 3.63) is 30.9 Å². The minimum Gasteiger partial charge on any atom is -0.393 e. The summed E-state index contributed by atoms with van der Waals surface area (Å²) in [5.41, 5.74) is 2.58. The highest BCUT2D eigenvalue weighted by atomic mass is 32.2. The highest BCUT2D eigenvalue weighted by molar-refractivity contribution is 7.89. The number of rotatable bonds is 5. The number of benzene rings is 1. The molecule has 0 unspecified atom stereocenters. The Balaban J connectivity index is 1.77. The Labute approximate surface area is 162 Å². The van der Waals surface area contributed by atoms with E-state index in [4.69, 9.17) is 0 Å². The molecule has 4 rings (SSSR count). The van der Waals surface area contributed by atoms with Crippen molar-refractivity contribution in [2.75, 3.05) is 30.4 Å². The molecule has 11 heteroatoms. The molecule has 0 spiro atoms. The first-order chi connectivity index (χ1) is 13.5. The minimum absolute atomic E-state index is 0.146. The number of hydrogen-bond donors (Lipinski definition) is 4. The molecule has 1 fully saturated rings. The van der Waals surface area contributed by atoms with Gasteiger partial charge in [0.25, 0.3) is 0 Å². The van der Waals surface area contributed by atoms with Crippen LogP contribution in [0.3, 0.4) is 0 Å². The largest absolute Gasteiger partial charge is 0.393 e. The average molecular weight is 403 g/mol. The third-order valence-corrected chi connectivity index (χ3v) is 6.24. The van der Waals surface area contributed by atoms with Gasteiger partial charge in [0.1, 0.15) is 11.8 Å². The first kappa shape index (κ1) is 18.6. The average Bonchev–Trinajstić information content (AvgIpc) is 3.19. The van der Waals surface area contributed by atoms with Gasteiger partial charge in [-0.25, -0.2) is 28.1 Å². The van der Waals surface area contributed by atoms with Crippen LogP contribution in [0.5, 0.6) is 0 Å². The molecule has 2 aromatic heterocycles. The zero-order valence-electron chi connectivity index (χ0n) is 15.3. The standard InChI is InChI=1S/C17H21N7O3S/c1-18-28(26,27)12-2-3-14(24-6-4-11(25)5-7-24)13(8-12)23-17-15-16(20-9-19-15)21-10-22-17/h2-3,8-11,18,25H,4-7H2,1H3,(H2,19,20,21,22,23). The van der Waals surface area contributed by atoms with Crippen molar-refractivity contribution in [1.82, 2.24) is 24.7 Å². The summed E-state index contributed by atoms with van der Waals surface area (Å²) in [5, 5.41) is 13.0. The maximum atomic E-state index is 12.3. The number of nitrogens with one attached hydrogen (secondary N) is 3. The van der Waals surface area contributed by atoms with Gasteiger partial charge >= 0.3 is 0 Å². The lowest BCUT2D eigenvalue weighted by atomic mass is 10.1. The summed E-state index contributed by atoms with van der Waals surface area (Å²) in [7, 11) is -2.23. The Morgan fingerprint density at radius 2 is 2.00 bits per heavy atom. The molecule has 3 heterocycles. The number of anilines is 3. The van der Waals surface area contributed by atoms with E-state index in [1.807, 2.05) is 0 Å². The predicted octanol–water partition coefficient (Wildman–Crippen LogP) is 0.966. The van der Waals surface area contributed by atoms with Crippen molar-refractivity contribution in [2.45, 2.75) is 23.8 Å². The zero-order valence-corrected chi connectivity index (χ0v) is 16.1. The Bertz CT molecular complexity index is 1090. The van der Waals surface area contributed by atoms with Gasteiger partial charge in [-0.1, -0.05) is 0 Å². The van der Waals surface area contributed by atoms with Crippen molar-refractivity contribution in [2.24, 2.45) is 0 Å². The van der Waals surface area contributed by atoms with Gasteiger partial charge in [-0.15, -0.1) is 0 Å². The van der Waals surface area contributed by atoms with Crippen molar-refractivity contribution >= 4 is 38.4 Å². The number of imidazole rings is 1. The SMILES string of the molecule is CNS(=O)(=O)c1ccc(N2CCC(O)CC2)c(Nc2ncnc3nc[nH]c23)c1. The smallest absolute Gasteiger partial charge is 0.240 e. The van der Waals surface area contributed by atoms with Gasteiger partial charge in [0.15, 0.2) is 11.5 Å². The van der Waals surface area contributed by atoms with Crippen LogP contribution in [0.2, 0.25) is 0 Å². The molecular formula is C17H21N7O3S. The number of fused-ring (bicyclic) bond motifs is 1. The molecule has 1 saturated heterocycles. The van der Waals surface area contributed by atoms with Gasteiger partial charge in [-0.3, -0.25) is 0 Å². The van der Waals surface area contributed by atoms with Crippen LogP contribution in [-0.4, -0.2) is 59.7 Å². The van der Waals surface area contributed by atoms with Gasteiger partial charge in [0.2, 0.25) is 10.0 Å². The molecule has 3 aromatic rings. The van der Waals surface area contributed by atoms with E-state index in [9.17, 15) is 13.5 Å². The molecular weight excluding hydrogens is 382 g/mol. The fraction of sp³-hybridized carbons (Fsp3) is 0.353. The van der Waals surface area contributed by atoms with Crippen LogP contribution in [0.25, 0.3) is 11.2 Å². The van der Waals surface area contributed by atoms with Crippen molar-refractivity contribution in [3.8, 4) is 0 Å². The second kappa shape index (κ2) is 7.34. The number of aromatic amines is 1. The van der Waals surface area contributed by atoms with Gasteiger partial charge in [-0.05, 0) is 38.1 Å². The monoisotopic (exact) mass is 403 g/mol. The first-order valence-electron chi connectivity index (χ1n) is 8.89. The highest BCUT2D eigenvalue weighted by Gasteiger charge is 2.22. The molecule has 1 aromatic carbocycles. The third-order valence-electron chi connectivity index (χ3n) is 4.83. The molecule has 0 amide bonds. The number of piperidine rings is 1. The Kier molecular flexibility index (Phi) is 4.87. The van der Waals surface area contributed by atoms with Gasteiger partial charge in [0, 0.05) is 13.1 Å². The van der Waals surface area contributed by atoms with Gasteiger partial charge in [0.05, 0.1) is 28.7 Å². The van der Waals surface area contributed by atoms with E-state index >= 15 is 0 Å². The summed E-state index contributed by atoms with van der Waals surface area (Å²) in [4.78, 5) is 17.7. The molecule has 10 nitrogen and oxygen atoms in total. The van der Waals surface area contributed by atoms with Crippen LogP contribution in [0.4, 0.5) is 17.2 Å². The Morgan fingerprint density at radius 3 is 2.75 bits per heavy atom. The summed E-state index contributed by atoms with van der Waals surface area (Å²) in [6.45, 7) is 1.36. The predicted molar refractivity (Wildman–Crippen MR) is 105 cm³/mol. The summed E-state index contributed by atoms with van der Waals surface area (Å²) in [5.74, 6) is 0.500. The second-order valence-electron chi connectivity index (χ2n) is 6.55. The summed E-state index contributed by atoms with van der Waals surface area (Å²) in [6.07, 6.45) is 3.95. The van der Waals surface area contributed by atoms with Crippen molar-refractivity contribution in [1.29, 1.82) is 0 Å². The molecule has 1 aliphatic heterocycles. The van der Waals surface area contributed by atoms with E-state index < -0.39 is 10.0 Å². The number of nitrogens with zero attached hydrogens (tertiary/aromatic N) is 4. The molecule has 0 radical (unpaired) electrons. The lowest BCUT2D eigenvalue weighted by molar-refractivity contribution is 0.145. The fourth-order valence-corrected chi connectivity index (χ4v) is 4.03. The molecule has 0 atom stereocenters. The van der Waals surface area contributed by atoms with Crippen LogP contribution in [0.15, 0.2) is 35.7 Å². The molecule has 1 aliphatic rings. The number of H-pyrrole nitrogens is 1.